The van der Waals surface area contributed by atoms with E-state index in [4.69, 9.17) is 11.6 Å². The first-order chi connectivity index (χ1) is 13.1. The predicted octanol–water partition coefficient (Wildman–Crippen LogP) is 5.17. The van der Waals surface area contributed by atoms with Crippen LogP contribution in [0.4, 0.5) is 28.8 Å². The lowest BCUT2D eigenvalue weighted by molar-refractivity contribution is 0.866. The molecular weight excluding hydrogens is 360 g/mol. The van der Waals surface area contributed by atoms with Crippen LogP contribution in [0.2, 0.25) is 5.02 Å². The summed E-state index contributed by atoms with van der Waals surface area (Å²) in [7, 11) is 0. The topological polar surface area (TPSA) is 66.0 Å². The van der Waals surface area contributed by atoms with Crippen molar-refractivity contribution < 1.29 is 0 Å². The van der Waals surface area contributed by atoms with Crippen molar-refractivity contribution in [2.75, 3.05) is 28.6 Å². The molecule has 3 aromatic rings. The van der Waals surface area contributed by atoms with E-state index >= 15 is 0 Å². The van der Waals surface area contributed by atoms with Crippen molar-refractivity contribution in [3.8, 4) is 0 Å². The minimum Gasteiger partial charge on any atom is -0.372 e. The molecule has 0 aliphatic rings. The molecule has 2 aromatic carbocycles. The molecule has 1 aromatic heterocycles. The molecule has 0 saturated heterocycles. The van der Waals surface area contributed by atoms with E-state index in [0.717, 1.165) is 30.0 Å². The summed E-state index contributed by atoms with van der Waals surface area (Å²) < 4.78 is 0. The van der Waals surface area contributed by atoms with E-state index < -0.39 is 0 Å². The highest BCUT2D eigenvalue weighted by atomic mass is 35.5. The minimum absolute atomic E-state index is 0.408. The highest BCUT2D eigenvalue weighted by Gasteiger charge is 2.07. The lowest BCUT2D eigenvalue weighted by atomic mass is 10.2. The second-order valence-electron chi connectivity index (χ2n) is 6.05. The Kier molecular flexibility index (Phi) is 6.08. The van der Waals surface area contributed by atoms with Gasteiger partial charge in [-0.25, -0.2) is 0 Å². The minimum atomic E-state index is 0.408. The Morgan fingerprint density at radius 1 is 1.00 bits per heavy atom. The summed E-state index contributed by atoms with van der Waals surface area (Å²) in [5.74, 6) is 1.02. The van der Waals surface area contributed by atoms with Gasteiger partial charge in [0.05, 0.1) is 6.20 Å². The lowest BCUT2D eigenvalue weighted by Gasteiger charge is -2.21. The molecule has 140 valence electrons. The van der Waals surface area contributed by atoms with Crippen LogP contribution in [0.15, 0.2) is 48.7 Å². The fourth-order valence-electron chi connectivity index (χ4n) is 2.77. The summed E-state index contributed by atoms with van der Waals surface area (Å²) in [5, 5.41) is 15.2. The second-order valence-corrected chi connectivity index (χ2v) is 6.45. The van der Waals surface area contributed by atoms with Crippen LogP contribution < -0.4 is 15.5 Å². The van der Waals surface area contributed by atoms with Crippen molar-refractivity contribution in [3.63, 3.8) is 0 Å². The van der Waals surface area contributed by atoms with Gasteiger partial charge >= 0.3 is 0 Å². The van der Waals surface area contributed by atoms with Crippen LogP contribution in [0.1, 0.15) is 19.4 Å². The van der Waals surface area contributed by atoms with Gasteiger partial charge in [-0.3, -0.25) is 0 Å². The maximum atomic E-state index is 6.16. The molecule has 0 unspecified atom stereocenters. The molecular formula is C20H23ClN6. The third-order valence-corrected chi connectivity index (χ3v) is 4.75. The molecule has 0 atom stereocenters. The van der Waals surface area contributed by atoms with Crippen LogP contribution >= 0.6 is 11.6 Å². The summed E-state index contributed by atoms with van der Waals surface area (Å²) >= 11 is 6.16. The third-order valence-electron chi connectivity index (χ3n) is 4.34. The summed E-state index contributed by atoms with van der Waals surface area (Å²) in [6.07, 6.45) is 1.59. The second kappa shape index (κ2) is 8.68. The van der Waals surface area contributed by atoms with E-state index in [2.05, 4.69) is 56.7 Å². The van der Waals surface area contributed by atoms with Crippen molar-refractivity contribution in [1.82, 2.24) is 15.2 Å². The Labute approximate surface area is 164 Å². The number of benzene rings is 2. The Hall–Kier alpha value is -2.86. The molecule has 0 radical (unpaired) electrons. The molecule has 2 N–H and O–H groups in total. The van der Waals surface area contributed by atoms with Gasteiger partial charge in [0.15, 0.2) is 5.82 Å². The zero-order valence-corrected chi connectivity index (χ0v) is 16.5. The Morgan fingerprint density at radius 3 is 2.44 bits per heavy atom. The van der Waals surface area contributed by atoms with Crippen LogP contribution in [-0.2, 0) is 0 Å². The Morgan fingerprint density at radius 2 is 1.74 bits per heavy atom. The van der Waals surface area contributed by atoms with E-state index in [9.17, 15) is 0 Å². The molecule has 0 aliphatic heterocycles. The highest BCUT2D eigenvalue weighted by Crippen LogP contribution is 2.25. The van der Waals surface area contributed by atoms with E-state index in [1.54, 1.807) is 6.20 Å². The number of nitrogens with one attached hydrogen (secondary N) is 2. The first kappa shape index (κ1) is 18.9. The SMILES string of the molecule is CCN(CC)c1ccc(Nc2cnnc(Nc3cccc(Cl)c3C)n2)cc1. The average Bonchev–Trinajstić information content (AvgIpc) is 2.68. The van der Waals surface area contributed by atoms with Gasteiger partial charge in [-0.2, -0.15) is 10.1 Å². The van der Waals surface area contributed by atoms with Gasteiger partial charge in [-0.05, 0) is 62.7 Å². The maximum Gasteiger partial charge on any atom is 0.249 e. The average molecular weight is 383 g/mol. The van der Waals surface area contributed by atoms with Gasteiger partial charge in [0.1, 0.15) is 0 Å². The van der Waals surface area contributed by atoms with Crippen molar-refractivity contribution >= 4 is 40.4 Å². The molecule has 0 amide bonds. The largest absolute Gasteiger partial charge is 0.372 e. The Bertz CT molecular complexity index is 893. The van der Waals surface area contributed by atoms with Crippen molar-refractivity contribution in [2.24, 2.45) is 0 Å². The molecule has 7 heteroatoms. The quantitative estimate of drug-likeness (QED) is 0.587. The lowest BCUT2D eigenvalue weighted by Crippen LogP contribution is -2.21. The highest BCUT2D eigenvalue weighted by molar-refractivity contribution is 6.31. The smallest absolute Gasteiger partial charge is 0.249 e. The number of halogens is 1. The standard InChI is InChI=1S/C20H23ClN6/c1-4-27(5-2)16-11-9-15(10-12-16)23-19-13-22-26-20(25-19)24-18-8-6-7-17(21)14(18)3/h6-13H,4-5H2,1-3H3,(H2,23,24,25,26). The van der Waals surface area contributed by atoms with E-state index in [1.807, 2.05) is 37.3 Å². The summed E-state index contributed by atoms with van der Waals surface area (Å²) in [6.45, 7) is 8.21. The monoisotopic (exact) mass is 382 g/mol. The number of aromatic nitrogens is 3. The van der Waals surface area contributed by atoms with E-state index in [1.165, 1.54) is 5.69 Å². The normalized spacial score (nSPS) is 10.5. The van der Waals surface area contributed by atoms with Gasteiger partial charge in [0, 0.05) is 35.2 Å². The first-order valence-corrected chi connectivity index (χ1v) is 9.32. The number of rotatable bonds is 7. The van der Waals surface area contributed by atoms with Crippen LogP contribution in [0.25, 0.3) is 0 Å². The fourth-order valence-corrected chi connectivity index (χ4v) is 2.95. The number of hydrogen-bond donors (Lipinski definition) is 2. The number of anilines is 5. The molecule has 6 nitrogen and oxygen atoms in total. The van der Waals surface area contributed by atoms with Crippen molar-refractivity contribution in [2.45, 2.75) is 20.8 Å². The molecule has 0 bridgehead atoms. The van der Waals surface area contributed by atoms with Crippen LogP contribution in [0.3, 0.4) is 0 Å². The number of nitrogens with zero attached hydrogens (tertiary/aromatic N) is 4. The molecule has 0 fully saturated rings. The zero-order chi connectivity index (χ0) is 19.2. The number of hydrogen-bond acceptors (Lipinski definition) is 6. The van der Waals surface area contributed by atoms with E-state index in [0.29, 0.717) is 16.8 Å². The summed E-state index contributed by atoms with van der Waals surface area (Å²) in [5.41, 5.74) is 3.93. The van der Waals surface area contributed by atoms with Gasteiger partial charge in [0.25, 0.3) is 0 Å². The first-order valence-electron chi connectivity index (χ1n) is 8.94. The van der Waals surface area contributed by atoms with Gasteiger partial charge in [-0.15, -0.1) is 5.10 Å². The zero-order valence-electron chi connectivity index (χ0n) is 15.7. The Balaban J connectivity index is 1.73. The molecule has 0 aliphatic carbocycles. The van der Waals surface area contributed by atoms with Gasteiger partial charge < -0.3 is 15.5 Å². The summed E-state index contributed by atoms with van der Waals surface area (Å²) in [4.78, 5) is 6.77. The third kappa shape index (κ3) is 4.65. The van der Waals surface area contributed by atoms with Crippen LogP contribution in [0, 0.1) is 6.92 Å². The van der Waals surface area contributed by atoms with Crippen LogP contribution in [0.5, 0.6) is 0 Å². The molecule has 0 saturated carbocycles. The summed E-state index contributed by atoms with van der Waals surface area (Å²) in [6, 6.07) is 13.9. The molecule has 27 heavy (non-hydrogen) atoms. The molecule has 3 rings (SSSR count). The van der Waals surface area contributed by atoms with Gasteiger partial charge in [0.2, 0.25) is 5.95 Å². The predicted molar refractivity (Wildman–Crippen MR) is 113 cm³/mol. The maximum absolute atomic E-state index is 6.16. The van der Waals surface area contributed by atoms with E-state index in [-0.39, 0.29) is 0 Å². The van der Waals surface area contributed by atoms with Crippen molar-refractivity contribution in [1.29, 1.82) is 0 Å². The van der Waals surface area contributed by atoms with Crippen molar-refractivity contribution in [3.05, 3.63) is 59.2 Å². The fraction of sp³-hybridized carbons (Fsp3) is 0.250. The van der Waals surface area contributed by atoms with Gasteiger partial charge in [-0.1, -0.05) is 17.7 Å². The molecule has 0 spiro atoms. The molecule has 1 heterocycles. The van der Waals surface area contributed by atoms with Crippen LogP contribution in [-0.4, -0.2) is 28.3 Å².